The molecule has 0 saturated heterocycles. The molecule has 1 atom stereocenters. The van der Waals surface area contributed by atoms with Crippen LogP contribution >= 0.6 is 11.8 Å². The summed E-state index contributed by atoms with van der Waals surface area (Å²) in [5.74, 6) is -0.219. The molecule has 0 N–H and O–H groups in total. The normalized spacial score (nSPS) is 15.9. The second-order valence-electron chi connectivity index (χ2n) is 7.10. The van der Waals surface area contributed by atoms with Crippen LogP contribution in [0.2, 0.25) is 0 Å². The third kappa shape index (κ3) is 4.26. The van der Waals surface area contributed by atoms with Crippen LogP contribution in [0.3, 0.4) is 0 Å². The number of oxazole rings is 1. The lowest BCUT2D eigenvalue weighted by Crippen LogP contribution is -2.35. The van der Waals surface area contributed by atoms with Gasteiger partial charge in [-0.15, -0.1) is 11.8 Å². The Bertz CT molecular complexity index is 1060. The predicted molar refractivity (Wildman–Crippen MR) is 116 cm³/mol. The summed E-state index contributed by atoms with van der Waals surface area (Å²) in [6, 6.07) is 17.1. The maximum absolute atomic E-state index is 12.9. The van der Waals surface area contributed by atoms with Crippen molar-refractivity contribution in [1.82, 2.24) is 4.98 Å². The summed E-state index contributed by atoms with van der Waals surface area (Å²) in [6.45, 7) is 4.04. The number of rotatable bonds is 4. The topological polar surface area (TPSA) is 72.6 Å². The van der Waals surface area contributed by atoms with Crippen molar-refractivity contribution in [3.05, 3.63) is 66.1 Å². The number of fused-ring (bicyclic) bond motifs is 1. The Morgan fingerprint density at radius 3 is 2.70 bits per heavy atom. The minimum atomic E-state index is -0.669. The number of nitrogens with zero attached hydrogens (tertiary/aromatic N) is 2. The first-order valence-corrected chi connectivity index (χ1v) is 10.7. The van der Waals surface area contributed by atoms with Gasteiger partial charge in [0.2, 0.25) is 5.89 Å². The zero-order valence-electron chi connectivity index (χ0n) is 16.8. The SMILES string of the molecule is Cc1oc(-c2ccccc2)nc1C(=O)OCC(=O)N1CCC(C)Sc2ccccc21. The first-order chi connectivity index (χ1) is 14.5. The fourth-order valence-electron chi connectivity index (χ4n) is 3.31. The lowest BCUT2D eigenvalue weighted by molar-refractivity contribution is -0.121. The van der Waals surface area contributed by atoms with Crippen molar-refractivity contribution < 1.29 is 18.7 Å². The second kappa shape index (κ2) is 8.75. The summed E-state index contributed by atoms with van der Waals surface area (Å²) >= 11 is 1.75. The van der Waals surface area contributed by atoms with Crippen LogP contribution in [0.4, 0.5) is 5.69 Å². The van der Waals surface area contributed by atoms with Crippen LogP contribution in [-0.2, 0) is 9.53 Å². The molecular formula is C23H22N2O4S. The van der Waals surface area contributed by atoms with Gasteiger partial charge in [-0.25, -0.2) is 9.78 Å². The van der Waals surface area contributed by atoms with Gasteiger partial charge in [-0.2, -0.15) is 0 Å². The van der Waals surface area contributed by atoms with E-state index >= 15 is 0 Å². The molecule has 2 aromatic carbocycles. The highest BCUT2D eigenvalue weighted by Gasteiger charge is 2.26. The lowest BCUT2D eigenvalue weighted by Gasteiger charge is -2.22. The third-order valence-corrected chi connectivity index (χ3v) is 6.12. The largest absolute Gasteiger partial charge is 0.451 e. The first-order valence-electron chi connectivity index (χ1n) is 9.79. The van der Waals surface area contributed by atoms with Crippen molar-refractivity contribution in [2.75, 3.05) is 18.1 Å². The van der Waals surface area contributed by atoms with Crippen molar-refractivity contribution in [3.63, 3.8) is 0 Å². The molecule has 30 heavy (non-hydrogen) atoms. The smallest absolute Gasteiger partial charge is 0.361 e. The van der Waals surface area contributed by atoms with Crippen molar-refractivity contribution in [2.24, 2.45) is 0 Å². The molecule has 1 unspecified atom stereocenters. The lowest BCUT2D eigenvalue weighted by atomic mass is 10.2. The van der Waals surface area contributed by atoms with Crippen molar-refractivity contribution >= 4 is 29.3 Å². The van der Waals surface area contributed by atoms with Crippen LogP contribution < -0.4 is 4.90 Å². The van der Waals surface area contributed by atoms with E-state index in [2.05, 4.69) is 11.9 Å². The summed E-state index contributed by atoms with van der Waals surface area (Å²) in [5, 5.41) is 0.403. The Kier molecular flexibility index (Phi) is 5.90. The number of hydrogen-bond donors (Lipinski definition) is 0. The molecule has 154 valence electrons. The average molecular weight is 423 g/mol. The van der Waals surface area contributed by atoms with E-state index in [1.165, 1.54) is 0 Å². The molecule has 7 heteroatoms. The van der Waals surface area contributed by atoms with E-state index in [4.69, 9.17) is 9.15 Å². The number of aryl methyl sites for hydroxylation is 1. The van der Waals surface area contributed by atoms with Crippen LogP contribution in [-0.4, -0.2) is 35.3 Å². The fourth-order valence-corrected chi connectivity index (χ4v) is 4.42. The number of anilines is 1. The van der Waals surface area contributed by atoms with Gasteiger partial charge in [0.15, 0.2) is 12.3 Å². The van der Waals surface area contributed by atoms with Crippen LogP contribution in [0.25, 0.3) is 11.5 Å². The van der Waals surface area contributed by atoms with Gasteiger partial charge < -0.3 is 14.1 Å². The molecule has 0 radical (unpaired) electrons. The molecule has 3 aromatic rings. The molecule has 1 aliphatic heterocycles. The van der Waals surface area contributed by atoms with E-state index in [9.17, 15) is 9.59 Å². The third-order valence-electron chi connectivity index (χ3n) is 4.88. The minimum Gasteiger partial charge on any atom is -0.451 e. The highest BCUT2D eigenvalue weighted by atomic mass is 32.2. The standard InChI is InChI=1S/C23H22N2O4S/c1-15-12-13-25(18-10-6-7-11-19(18)30-15)20(26)14-28-23(27)21-16(2)29-22(24-21)17-8-4-3-5-9-17/h3-11,15H,12-14H2,1-2H3. The van der Waals surface area contributed by atoms with Gasteiger partial charge in [0.05, 0.1) is 5.69 Å². The number of benzene rings is 2. The van der Waals surface area contributed by atoms with Gasteiger partial charge in [0.1, 0.15) is 5.76 Å². The van der Waals surface area contributed by atoms with Gasteiger partial charge in [0.25, 0.3) is 5.91 Å². The molecule has 0 spiro atoms. The summed E-state index contributed by atoms with van der Waals surface area (Å²) < 4.78 is 10.9. The van der Waals surface area contributed by atoms with E-state index in [0.29, 0.717) is 23.4 Å². The highest BCUT2D eigenvalue weighted by Crippen LogP contribution is 2.37. The number of ether oxygens (including phenoxy) is 1. The predicted octanol–water partition coefficient (Wildman–Crippen LogP) is 4.72. The second-order valence-corrected chi connectivity index (χ2v) is 8.58. The zero-order valence-corrected chi connectivity index (χ0v) is 17.6. The molecular weight excluding hydrogens is 400 g/mol. The maximum Gasteiger partial charge on any atom is 0.361 e. The maximum atomic E-state index is 12.9. The van der Waals surface area contributed by atoms with Crippen molar-refractivity contribution in [3.8, 4) is 11.5 Å². The Morgan fingerprint density at radius 2 is 1.90 bits per heavy atom. The van der Waals surface area contributed by atoms with E-state index in [0.717, 1.165) is 22.6 Å². The molecule has 1 amide bonds. The van der Waals surface area contributed by atoms with Gasteiger partial charge in [-0.3, -0.25) is 4.79 Å². The Morgan fingerprint density at radius 1 is 1.17 bits per heavy atom. The molecule has 6 nitrogen and oxygen atoms in total. The monoisotopic (exact) mass is 422 g/mol. The number of amides is 1. The minimum absolute atomic E-state index is 0.0853. The fraction of sp³-hybridized carbons (Fsp3) is 0.261. The van der Waals surface area contributed by atoms with Crippen LogP contribution in [0.1, 0.15) is 29.6 Å². The average Bonchev–Trinajstić information content (AvgIpc) is 3.06. The Balaban J connectivity index is 1.46. The summed E-state index contributed by atoms with van der Waals surface area (Å²) in [5.41, 5.74) is 1.71. The number of esters is 1. The Labute approximate surface area is 179 Å². The quantitative estimate of drug-likeness (QED) is 0.566. The van der Waals surface area contributed by atoms with Gasteiger partial charge in [-0.05, 0) is 37.6 Å². The van der Waals surface area contributed by atoms with E-state index in [-0.39, 0.29) is 18.2 Å². The van der Waals surface area contributed by atoms with Crippen molar-refractivity contribution in [1.29, 1.82) is 0 Å². The number of thioether (sulfide) groups is 1. The number of aromatic nitrogens is 1. The first kappa shape index (κ1) is 20.2. The van der Waals surface area contributed by atoms with E-state index in [1.807, 2.05) is 54.6 Å². The number of hydrogen-bond acceptors (Lipinski definition) is 6. The molecule has 1 aromatic heterocycles. The van der Waals surface area contributed by atoms with Crippen LogP contribution in [0, 0.1) is 6.92 Å². The molecule has 2 heterocycles. The number of carbonyl (C=O) groups excluding carboxylic acids is 2. The van der Waals surface area contributed by atoms with Crippen LogP contribution in [0.15, 0.2) is 63.9 Å². The molecule has 0 fully saturated rings. The Hall–Kier alpha value is -3.06. The number of para-hydroxylation sites is 1. The van der Waals surface area contributed by atoms with Gasteiger partial charge in [-0.1, -0.05) is 37.3 Å². The molecule has 0 bridgehead atoms. The van der Waals surface area contributed by atoms with Crippen molar-refractivity contribution in [2.45, 2.75) is 30.4 Å². The molecule has 4 rings (SSSR count). The van der Waals surface area contributed by atoms with E-state index < -0.39 is 5.97 Å². The summed E-state index contributed by atoms with van der Waals surface area (Å²) in [7, 11) is 0. The highest BCUT2D eigenvalue weighted by molar-refractivity contribution is 8.00. The molecule has 0 saturated carbocycles. The summed E-state index contributed by atoms with van der Waals surface area (Å²) in [4.78, 5) is 32.4. The van der Waals surface area contributed by atoms with E-state index in [1.54, 1.807) is 23.6 Å². The van der Waals surface area contributed by atoms with Crippen LogP contribution in [0.5, 0.6) is 0 Å². The zero-order chi connectivity index (χ0) is 21.1. The van der Waals surface area contributed by atoms with Gasteiger partial charge >= 0.3 is 5.97 Å². The molecule has 1 aliphatic rings. The van der Waals surface area contributed by atoms with Gasteiger partial charge in [0, 0.05) is 22.3 Å². The summed E-state index contributed by atoms with van der Waals surface area (Å²) in [6.07, 6.45) is 0.863. The molecule has 0 aliphatic carbocycles. The number of carbonyl (C=O) groups is 2.